The van der Waals surface area contributed by atoms with Crippen LogP contribution in [0.3, 0.4) is 0 Å². The van der Waals surface area contributed by atoms with E-state index in [1.807, 2.05) is 0 Å². The topological polar surface area (TPSA) is 43.4 Å². The van der Waals surface area contributed by atoms with E-state index in [4.69, 9.17) is 0 Å². The lowest BCUT2D eigenvalue weighted by atomic mass is 9.72. The van der Waals surface area contributed by atoms with Crippen LogP contribution in [0, 0.1) is 11.3 Å². The summed E-state index contributed by atoms with van der Waals surface area (Å²) < 4.78 is 4.59. The highest BCUT2D eigenvalue weighted by atomic mass is 16.6. The van der Waals surface area contributed by atoms with Crippen molar-refractivity contribution in [2.45, 2.75) is 13.3 Å². The molecule has 0 radical (unpaired) electrons. The van der Waals surface area contributed by atoms with E-state index in [9.17, 15) is 9.59 Å². The minimum Gasteiger partial charge on any atom is -0.392 e. The van der Waals surface area contributed by atoms with Gasteiger partial charge in [0.05, 0.1) is 11.3 Å². The third-order valence-electron chi connectivity index (χ3n) is 2.77. The van der Waals surface area contributed by atoms with Gasteiger partial charge < -0.3 is 4.74 Å². The normalized spacial score (nSPS) is 37.6. The van der Waals surface area contributed by atoms with E-state index >= 15 is 0 Å². The number of fused-ring (bicyclic) bond motifs is 1. The fourth-order valence-electron chi connectivity index (χ4n) is 1.76. The highest BCUT2D eigenvalue weighted by Gasteiger charge is 2.53. The van der Waals surface area contributed by atoms with E-state index in [0.717, 1.165) is 5.57 Å². The molecule has 1 heterocycles. The molecule has 1 aliphatic heterocycles. The number of rotatable bonds is 0. The molecule has 0 aromatic heterocycles. The lowest BCUT2D eigenvalue weighted by Crippen LogP contribution is -2.31. The Hall–Kier alpha value is -1.38. The summed E-state index contributed by atoms with van der Waals surface area (Å²) in [5, 5.41) is 0. The maximum Gasteiger partial charge on any atom is 0.324 e. The molecule has 2 aliphatic rings. The maximum atomic E-state index is 11.3. The molecule has 0 aromatic carbocycles. The van der Waals surface area contributed by atoms with Crippen LogP contribution in [-0.4, -0.2) is 11.9 Å². The summed E-state index contributed by atoms with van der Waals surface area (Å²) in [5.74, 6) is -1.22. The molecule has 68 valence electrons. The molecular weight excluding hydrogens is 168 g/mol. The Kier molecular flexibility index (Phi) is 1.46. The molecule has 1 saturated heterocycles. The Morgan fingerprint density at radius 1 is 1.62 bits per heavy atom. The zero-order valence-electron chi connectivity index (χ0n) is 7.37. The van der Waals surface area contributed by atoms with Crippen LogP contribution >= 0.6 is 0 Å². The summed E-state index contributed by atoms with van der Waals surface area (Å²) in [7, 11) is 0. The average Bonchev–Trinajstić information content (AvgIpc) is 2.28. The van der Waals surface area contributed by atoms with Crippen LogP contribution < -0.4 is 0 Å². The van der Waals surface area contributed by atoms with E-state index in [1.54, 1.807) is 19.1 Å². The molecule has 2 rings (SSSR count). The van der Waals surface area contributed by atoms with Crippen LogP contribution in [0.25, 0.3) is 0 Å². The number of cyclic esters (lactones) is 2. The predicted octanol–water partition coefficient (Wildman–Crippen LogP) is 1.21. The summed E-state index contributed by atoms with van der Waals surface area (Å²) in [6, 6.07) is 0. The van der Waals surface area contributed by atoms with Crippen molar-refractivity contribution in [2.75, 3.05) is 0 Å². The minimum absolute atomic E-state index is 0.363. The SMILES string of the molecule is C=C1C=CC2(C)C(=O)OC(=O)C2C1. The fraction of sp³-hybridized carbons (Fsp3) is 0.400. The Labute approximate surface area is 76.1 Å². The summed E-state index contributed by atoms with van der Waals surface area (Å²) in [6.45, 7) is 5.49. The van der Waals surface area contributed by atoms with Crippen molar-refractivity contribution in [3.05, 3.63) is 24.3 Å². The first kappa shape index (κ1) is 8.23. The van der Waals surface area contributed by atoms with Crippen LogP contribution in [0.15, 0.2) is 24.3 Å². The van der Waals surface area contributed by atoms with E-state index < -0.39 is 17.4 Å². The third-order valence-corrected chi connectivity index (χ3v) is 2.77. The molecule has 0 saturated carbocycles. The van der Waals surface area contributed by atoms with Crippen molar-refractivity contribution >= 4 is 11.9 Å². The van der Waals surface area contributed by atoms with Crippen molar-refractivity contribution in [1.82, 2.24) is 0 Å². The molecular formula is C10H10O3. The quantitative estimate of drug-likeness (QED) is 0.413. The van der Waals surface area contributed by atoms with Gasteiger partial charge in [0.1, 0.15) is 0 Å². The number of ether oxygens (including phenoxy) is 1. The molecule has 0 aromatic rings. The van der Waals surface area contributed by atoms with Gasteiger partial charge in [-0.15, -0.1) is 0 Å². The monoisotopic (exact) mass is 178 g/mol. The highest BCUT2D eigenvalue weighted by molar-refractivity contribution is 6.00. The van der Waals surface area contributed by atoms with Gasteiger partial charge in [-0.1, -0.05) is 24.3 Å². The van der Waals surface area contributed by atoms with E-state index in [0.29, 0.717) is 6.42 Å². The molecule has 1 fully saturated rings. The molecule has 2 atom stereocenters. The summed E-state index contributed by atoms with van der Waals surface area (Å²) in [4.78, 5) is 22.6. The van der Waals surface area contributed by atoms with Crippen LogP contribution in [0.1, 0.15) is 13.3 Å². The largest absolute Gasteiger partial charge is 0.392 e. The van der Waals surface area contributed by atoms with Crippen molar-refractivity contribution < 1.29 is 14.3 Å². The number of carbonyl (C=O) groups is 2. The standard InChI is InChI=1S/C10H10O3/c1-6-3-4-10(2)7(5-6)8(11)13-9(10)12/h3-4,7H,1,5H2,2H3. The lowest BCUT2D eigenvalue weighted by Gasteiger charge is -2.25. The maximum absolute atomic E-state index is 11.3. The molecule has 0 amide bonds. The first-order chi connectivity index (χ1) is 6.04. The fourth-order valence-corrected chi connectivity index (χ4v) is 1.76. The van der Waals surface area contributed by atoms with Gasteiger partial charge in [0, 0.05) is 0 Å². The number of esters is 2. The molecule has 2 unspecified atom stereocenters. The van der Waals surface area contributed by atoms with E-state index in [2.05, 4.69) is 11.3 Å². The van der Waals surface area contributed by atoms with Crippen molar-refractivity contribution in [1.29, 1.82) is 0 Å². The highest BCUT2D eigenvalue weighted by Crippen LogP contribution is 2.44. The molecule has 3 nitrogen and oxygen atoms in total. The Morgan fingerprint density at radius 3 is 3.00 bits per heavy atom. The summed E-state index contributed by atoms with van der Waals surface area (Å²) in [6.07, 6.45) is 4.03. The second kappa shape index (κ2) is 2.31. The Morgan fingerprint density at radius 2 is 2.31 bits per heavy atom. The number of allylic oxidation sites excluding steroid dienone is 2. The average molecular weight is 178 g/mol. The second-order valence-corrected chi connectivity index (χ2v) is 3.74. The van der Waals surface area contributed by atoms with E-state index in [1.165, 1.54) is 0 Å². The van der Waals surface area contributed by atoms with Gasteiger partial charge in [-0.2, -0.15) is 0 Å². The lowest BCUT2D eigenvalue weighted by molar-refractivity contribution is -0.154. The van der Waals surface area contributed by atoms with Gasteiger partial charge in [0.15, 0.2) is 0 Å². The predicted molar refractivity (Wildman–Crippen MR) is 45.6 cm³/mol. The molecule has 3 heteroatoms. The smallest absolute Gasteiger partial charge is 0.324 e. The first-order valence-electron chi connectivity index (χ1n) is 4.17. The van der Waals surface area contributed by atoms with Crippen LogP contribution in [0.5, 0.6) is 0 Å². The number of hydrogen-bond donors (Lipinski definition) is 0. The van der Waals surface area contributed by atoms with Crippen LogP contribution in [0.2, 0.25) is 0 Å². The van der Waals surface area contributed by atoms with Gasteiger partial charge in [0.2, 0.25) is 0 Å². The van der Waals surface area contributed by atoms with Gasteiger partial charge in [-0.05, 0) is 13.3 Å². The van der Waals surface area contributed by atoms with Crippen molar-refractivity contribution in [3.8, 4) is 0 Å². The van der Waals surface area contributed by atoms with Gasteiger partial charge in [-0.25, -0.2) is 0 Å². The minimum atomic E-state index is -0.752. The molecule has 0 bridgehead atoms. The molecule has 13 heavy (non-hydrogen) atoms. The Bertz CT molecular complexity index is 340. The Balaban J connectivity index is 2.48. The zero-order chi connectivity index (χ0) is 9.64. The summed E-state index contributed by atoms with van der Waals surface area (Å²) >= 11 is 0. The zero-order valence-corrected chi connectivity index (χ0v) is 7.37. The van der Waals surface area contributed by atoms with Gasteiger partial charge in [-0.3, -0.25) is 9.59 Å². The number of hydrogen-bond acceptors (Lipinski definition) is 3. The van der Waals surface area contributed by atoms with Gasteiger partial charge in [0.25, 0.3) is 0 Å². The van der Waals surface area contributed by atoms with Crippen LogP contribution in [0.4, 0.5) is 0 Å². The molecule has 1 aliphatic carbocycles. The summed E-state index contributed by atoms with van der Waals surface area (Å²) in [5.41, 5.74) is 0.118. The third kappa shape index (κ3) is 0.963. The first-order valence-corrected chi connectivity index (χ1v) is 4.17. The van der Waals surface area contributed by atoms with Gasteiger partial charge >= 0.3 is 11.9 Å². The molecule has 0 spiro atoms. The van der Waals surface area contributed by atoms with Crippen molar-refractivity contribution in [2.24, 2.45) is 11.3 Å². The van der Waals surface area contributed by atoms with E-state index in [-0.39, 0.29) is 5.92 Å². The van der Waals surface area contributed by atoms with Crippen molar-refractivity contribution in [3.63, 3.8) is 0 Å². The van der Waals surface area contributed by atoms with Crippen LogP contribution in [-0.2, 0) is 14.3 Å². The molecule has 0 N–H and O–H groups in total. The number of carbonyl (C=O) groups excluding carboxylic acids is 2. The second-order valence-electron chi connectivity index (χ2n) is 3.74.